The van der Waals surface area contributed by atoms with Crippen molar-refractivity contribution < 1.29 is 9.53 Å². The first-order valence-corrected chi connectivity index (χ1v) is 8.91. The van der Waals surface area contributed by atoms with Crippen molar-refractivity contribution in [2.45, 2.75) is 26.3 Å². The fourth-order valence-corrected chi connectivity index (χ4v) is 3.14. The maximum Gasteiger partial charge on any atom is 0.255 e. The lowest BCUT2D eigenvalue weighted by Crippen LogP contribution is -2.32. The normalized spacial score (nSPS) is 15.8. The van der Waals surface area contributed by atoms with Crippen LogP contribution < -0.4 is 10.1 Å². The monoisotopic (exact) mass is 338 g/mol. The van der Waals surface area contributed by atoms with Crippen LogP contribution in [0, 0.1) is 5.92 Å². The lowest BCUT2D eigenvalue weighted by atomic mass is 9.99. The summed E-state index contributed by atoms with van der Waals surface area (Å²) in [5.74, 6) is 1.47. The van der Waals surface area contributed by atoms with E-state index in [4.69, 9.17) is 4.74 Å². The summed E-state index contributed by atoms with van der Waals surface area (Å²) in [6, 6.07) is 15.3. The van der Waals surface area contributed by atoms with Crippen LogP contribution in [0.2, 0.25) is 0 Å². The number of amides is 1. The van der Waals surface area contributed by atoms with Gasteiger partial charge in [-0.1, -0.05) is 25.1 Å². The van der Waals surface area contributed by atoms with E-state index in [1.165, 1.54) is 31.5 Å². The van der Waals surface area contributed by atoms with Gasteiger partial charge in [-0.15, -0.1) is 0 Å². The summed E-state index contributed by atoms with van der Waals surface area (Å²) < 4.78 is 5.18. The van der Waals surface area contributed by atoms with Gasteiger partial charge in [0, 0.05) is 23.9 Å². The van der Waals surface area contributed by atoms with Crippen LogP contribution >= 0.6 is 0 Å². The number of methoxy groups -OCH3 is 1. The molecule has 1 heterocycles. The first-order chi connectivity index (χ1) is 12.1. The molecular formula is C21H26N2O2. The predicted octanol–water partition coefficient (Wildman–Crippen LogP) is 4.18. The average Bonchev–Trinajstić information content (AvgIpc) is 2.64. The van der Waals surface area contributed by atoms with Gasteiger partial charge in [0.05, 0.1) is 7.11 Å². The van der Waals surface area contributed by atoms with Gasteiger partial charge in [0.1, 0.15) is 5.75 Å². The number of carbonyl (C=O) groups excluding carboxylic acids is 1. The van der Waals surface area contributed by atoms with Crippen molar-refractivity contribution >= 4 is 11.6 Å². The highest BCUT2D eigenvalue weighted by Crippen LogP contribution is 2.19. The highest BCUT2D eigenvalue weighted by atomic mass is 16.5. The second kappa shape index (κ2) is 8.17. The second-order valence-corrected chi connectivity index (χ2v) is 6.84. The van der Waals surface area contributed by atoms with Crippen molar-refractivity contribution in [1.82, 2.24) is 4.90 Å². The average molecular weight is 338 g/mol. The third-order valence-electron chi connectivity index (χ3n) is 4.83. The Balaban J connectivity index is 1.58. The fourth-order valence-electron chi connectivity index (χ4n) is 3.14. The van der Waals surface area contributed by atoms with Gasteiger partial charge in [0.2, 0.25) is 0 Å². The molecule has 1 N–H and O–H groups in total. The number of nitrogens with zero attached hydrogens (tertiary/aromatic N) is 1. The Hall–Kier alpha value is -2.33. The molecule has 0 spiro atoms. The van der Waals surface area contributed by atoms with E-state index in [0.717, 1.165) is 23.9 Å². The first kappa shape index (κ1) is 17.5. The third-order valence-corrected chi connectivity index (χ3v) is 4.83. The van der Waals surface area contributed by atoms with Gasteiger partial charge < -0.3 is 10.1 Å². The maximum absolute atomic E-state index is 12.4. The number of ether oxygens (including phenoxy) is 1. The largest absolute Gasteiger partial charge is 0.497 e. The van der Waals surface area contributed by atoms with E-state index in [2.05, 4.69) is 29.3 Å². The number of piperidine rings is 1. The lowest BCUT2D eigenvalue weighted by Gasteiger charge is -2.30. The van der Waals surface area contributed by atoms with Gasteiger partial charge in [-0.2, -0.15) is 0 Å². The number of carbonyl (C=O) groups is 1. The van der Waals surface area contributed by atoms with Crippen molar-refractivity contribution in [2.24, 2.45) is 5.92 Å². The van der Waals surface area contributed by atoms with Gasteiger partial charge >= 0.3 is 0 Å². The summed E-state index contributed by atoms with van der Waals surface area (Å²) in [7, 11) is 1.61. The Morgan fingerprint density at radius 2 is 1.88 bits per heavy atom. The van der Waals surface area contributed by atoms with Gasteiger partial charge in [0.15, 0.2) is 0 Å². The van der Waals surface area contributed by atoms with Crippen LogP contribution in [0.1, 0.15) is 35.7 Å². The van der Waals surface area contributed by atoms with Crippen LogP contribution in [0.3, 0.4) is 0 Å². The number of benzene rings is 2. The van der Waals surface area contributed by atoms with Crippen LogP contribution in [0.5, 0.6) is 5.75 Å². The summed E-state index contributed by atoms with van der Waals surface area (Å²) in [5.41, 5.74) is 2.65. The van der Waals surface area contributed by atoms with Crippen LogP contribution in [0.15, 0.2) is 48.5 Å². The highest BCUT2D eigenvalue weighted by molar-refractivity contribution is 6.04. The van der Waals surface area contributed by atoms with Crippen LogP contribution in [0.25, 0.3) is 0 Å². The molecule has 1 aliphatic heterocycles. The standard InChI is InChI=1S/C21H26N2O2/c1-16-10-12-23(13-11-16)15-17-6-8-18(9-7-17)21(24)22-19-4-3-5-20(14-19)25-2/h3-9,14,16H,10-13,15H2,1-2H3,(H,22,24). The molecular weight excluding hydrogens is 312 g/mol. The Morgan fingerprint density at radius 3 is 2.56 bits per heavy atom. The number of hydrogen-bond donors (Lipinski definition) is 1. The van der Waals surface area contributed by atoms with Gasteiger partial charge in [-0.3, -0.25) is 9.69 Å². The Labute approximate surface area is 149 Å². The molecule has 1 aliphatic rings. The quantitative estimate of drug-likeness (QED) is 0.889. The van der Waals surface area contributed by atoms with E-state index in [0.29, 0.717) is 5.56 Å². The molecule has 4 heteroatoms. The van der Waals surface area contributed by atoms with Gasteiger partial charge in [-0.05, 0) is 61.7 Å². The molecule has 0 aliphatic carbocycles. The molecule has 0 saturated carbocycles. The predicted molar refractivity (Wildman–Crippen MR) is 101 cm³/mol. The van der Waals surface area contributed by atoms with Crippen molar-refractivity contribution in [3.05, 3.63) is 59.7 Å². The third kappa shape index (κ3) is 4.83. The van der Waals surface area contributed by atoms with Gasteiger partial charge in [0.25, 0.3) is 5.91 Å². The Morgan fingerprint density at radius 1 is 1.16 bits per heavy atom. The molecule has 1 saturated heterocycles. The molecule has 2 aromatic carbocycles. The first-order valence-electron chi connectivity index (χ1n) is 8.91. The smallest absolute Gasteiger partial charge is 0.255 e. The molecule has 1 amide bonds. The van der Waals surface area contributed by atoms with Crippen LogP contribution in [-0.2, 0) is 6.54 Å². The summed E-state index contributed by atoms with van der Waals surface area (Å²) in [4.78, 5) is 14.9. The maximum atomic E-state index is 12.4. The summed E-state index contributed by atoms with van der Waals surface area (Å²) >= 11 is 0. The molecule has 0 aromatic heterocycles. The van der Waals surface area contributed by atoms with Crippen LogP contribution in [0.4, 0.5) is 5.69 Å². The molecule has 0 radical (unpaired) electrons. The topological polar surface area (TPSA) is 41.6 Å². The highest BCUT2D eigenvalue weighted by Gasteiger charge is 2.15. The summed E-state index contributed by atoms with van der Waals surface area (Å²) in [5, 5.41) is 2.91. The lowest BCUT2D eigenvalue weighted by molar-refractivity contribution is 0.102. The minimum absolute atomic E-state index is 0.105. The number of rotatable bonds is 5. The zero-order valence-electron chi connectivity index (χ0n) is 15.0. The SMILES string of the molecule is COc1cccc(NC(=O)c2ccc(CN3CCC(C)CC3)cc2)c1. The number of nitrogens with one attached hydrogen (secondary N) is 1. The Kier molecular flexibility index (Phi) is 5.71. The molecule has 1 fully saturated rings. The number of hydrogen-bond acceptors (Lipinski definition) is 3. The van der Waals surface area contributed by atoms with Crippen molar-refractivity contribution in [3.8, 4) is 5.75 Å². The van der Waals surface area contributed by atoms with E-state index < -0.39 is 0 Å². The molecule has 0 bridgehead atoms. The number of anilines is 1. The van der Waals surface area contributed by atoms with Gasteiger partial charge in [-0.25, -0.2) is 0 Å². The van der Waals surface area contributed by atoms with E-state index in [-0.39, 0.29) is 5.91 Å². The molecule has 3 rings (SSSR count). The molecule has 0 unspecified atom stereocenters. The van der Waals surface area contributed by atoms with Crippen molar-refractivity contribution in [1.29, 1.82) is 0 Å². The molecule has 0 atom stereocenters. The summed E-state index contributed by atoms with van der Waals surface area (Å²) in [6.07, 6.45) is 2.56. The Bertz CT molecular complexity index is 704. The molecule has 2 aromatic rings. The van der Waals surface area contributed by atoms with Crippen LogP contribution in [-0.4, -0.2) is 31.0 Å². The molecule has 25 heavy (non-hydrogen) atoms. The van der Waals surface area contributed by atoms with E-state index in [9.17, 15) is 4.79 Å². The zero-order chi connectivity index (χ0) is 17.6. The number of likely N-dealkylation sites (tertiary alicyclic amines) is 1. The van der Waals surface area contributed by atoms with E-state index in [1.807, 2.05) is 36.4 Å². The zero-order valence-corrected chi connectivity index (χ0v) is 15.0. The minimum atomic E-state index is -0.105. The van der Waals surface area contributed by atoms with Crippen molar-refractivity contribution in [3.63, 3.8) is 0 Å². The second-order valence-electron chi connectivity index (χ2n) is 6.84. The fraction of sp³-hybridized carbons (Fsp3) is 0.381. The van der Waals surface area contributed by atoms with Crippen molar-refractivity contribution in [2.75, 3.05) is 25.5 Å². The van der Waals surface area contributed by atoms with E-state index in [1.54, 1.807) is 7.11 Å². The molecule has 132 valence electrons. The minimum Gasteiger partial charge on any atom is -0.497 e. The van der Waals surface area contributed by atoms with E-state index >= 15 is 0 Å². The summed E-state index contributed by atoms with van der Waals surface area (Å²) in [6.45, 7) is 5.62. The molecule has 4 nitrogen and oxygen atoms in total.